The Morgan fingerprint density at radius 2 is 2.00 bits per heavy atom. The van der Waals surface area contributed by atoms with E-state index in [0.717, 1.165) is 31.3 Å². The van der Waals surface area contributed by atoms with E-state index in [-0.39, 0.29) is 0 Å². The lowest BCUT2D eigenvalue weighted by atomic mass is 10.2. The van der Waals surface area contributed by atoms with Crippen molar-refractivity contribution in [3.63, 3.8) is 0 Å². The van der Waals surface area contributed by atoms with Crippen LogP contribution in [0, 0.1) is 0 Å². The Labute approximate surface area is 115 Å². The van der Waals surface area contributed by atoms with E-state index in [1.165, 1.54) is 5.56 Å². The Balaban J connectivity index is 2.21. The third-order valence-corrected chi connectivity index (χ3v) is 3.02. The molecule has 102 valence electrons. The van der Waals surface area contributed by atoms with Crippen LogP contribution in [0.5, 0.6) is 0 Å². The van der Waals surface area contributed by atoms with Crippen molar-refractivity contribution < 1.29 is 4.74 Å². The molecule has 18 heavy (non-hydrogen) atoms. The maximum Gasteiger partial charge on any atom is 0.0613 e. The number of benzene rings is 1. The third-order valence-electron chi connectivity index (χ3n) is 2.77. The topological polar surface area (TPSA) is 24.5 Å². The molecule has 0 fully saturated rings. The largest absolute Gasteiger partial charge is 0.383 e. The van der Waals surface area contributed by atoms with Crippen molar-refractivity contribution in [2.45, 2.75) is 19.5 Å². The maximum atomic E-state index is 5.86. The van der Waals surface area contributed by atoms with Crippen LogP contribution >= 0.6 is 11.6 Å². The average molecular weight is 271 g/mol. The summed E-state index contributed by atoms with van der Waals surface area (Å²) in [5, 5.41) is 4.21. The number of rotatable bonds is 8. The number of methoxy groups -OCH3 is 1. The van der Waals surface area contributed by atoms with Crippen LogP contribution in [-0.2, 0) is 11.3 Å². The normalized spacial score (nSPS) is 12.9. The first kappa shape index (κ1) is 15.4. The van der Waals surface area contributed by atoms with Crippen molar-refractivity contribution in [3.05, 3.63) is 34.9 Å². The van der Waals surface area contributed by atoms with Crippen LogP contribution in [-0.4, -0.2) is 44.8 Å². The zero-order valence-electron chi connectivity index (χ0n) is 11.4. The second-order valence-corrected chi connectivity index (χ2v) is 5.11. The molecule has 1 rings (SSSR count). The molecule has 1 N–H and O–H groups in total. The first-order chi connectivity index (χ1) is 8.61. The van der Waals surface area contributed by atoms with Gasteiger partial charge in [-0.05, 0) is 31.7 Å². The summed E-state index contributed by atoms with van der Waals surface area (Å²) in [6, 6.07) is 8.41. The summed E-state index contributed by atoms with van der Waals surface area (Å²) < 4.78 is 5.08. The minimum atomic E-state index is 0.402. The summed E-state index contributed by atoms with van der Waals surface area (Å²) >= 11 is 5.86. The molecule has 0 saturated heterocycles. The lowest BCUT2D eigenvalue weighted by Gasteiger charge is -2.19. The molecule has 1 aromatic rings. The van der Waals surface area contributed by atoms with Crippen LogP contribution in [0.25, 0.3) is 0 Å². The molecule has 0 aliphatic carbocycles. The fraction of sp³-hybridized carbons (Fsp3) is 0.571. The molecule has 0 spiro atoms. The van der Waals surface area contributed by atoms with Crippen LogP contribution in [0.1, 0.15) is 12.5 Å². The van der Waals surface area contributed by atoms with Gasteiger partial charge < -0.3 is 15.0 Å². The quantitative estimate of drug-likeness (QED) is 0.785. The van der Waals surface area contributed by atoms with Gasteiger partial charge in [0.05, 0.1) is 6.61 Å². The predicted octanol–water partition coefficient (Wildman–Crippen LogP) is 2.40. The lowest BCUT2D eigenvalue weighted by molar-refractivity contribution is 0.170. The molecule has 1 aromatic carbocycles. The Morgan fingerprint density at radius 3 is 2.61 bits per heavy atom. The van der Waals surface area contributed by atoms with E-state index in [4.69, 9.17) is 16.3 Å². The Morgan fingerprint density at radius 1 is 1.33 bits per heavy atom. The van der Waals surface area contributed by atoms with Gasteiger partial charge in [0.25, 0.3) is 0 Å². The molecule has 0 saturated carbocycles. The molecular formula is C14H23ClN2O. The minimum Gasteiger partial charge on any atom is -0.383 e. The Kier molecular flexibility index (Phi) is 7.28. The number of nitrogens with zero attached hydrogens (tertiary/aromatic N) is 1. The Bertz CT molecular complexity index is 329. The molecule has 0 aromatic heterocycles. The first-order valence-corrected chi connectivity index (χ1v) is 6.65. The minimum absolute atomic E-state index is 0.402. The van der Waals surface area contributed by atoms with Crippen LogP contribution in [0.4, 0.5) is 0 Å². The van der Waals surface area contributed by atoms with Crippen molar-refractivity contribution in [3.8, 4) is 0 Å². The van der Waals surface area contributed by atoms with Gasteiger partial charge >= 0.3 is 0 Å². The smallest absolute Gasteiger partial charge is 0.0613 e. The highest BCUT2D eigenvalue weighted by molar-refractivity contribution is 6.30. The van der Waals surface area contributed by atoms with Crippen LogP contribution in [0.3, 0.4) is 0 Å². The van der Waals surface area contributed by atoms with Crippen molar-refractivity contribution in [1.29, 1.82) is 0 Å². The lowest BCUT2D eigenvalue weighted by Crippen LogP contribution is -2.36. The second kappa shape index (κ2) is 8.48. The van der Waals surface area contributed by atoms with Crippen molar-refractivity contribution in [2.75, 3.05) is 33.9 Å². The van der Waals surface area contributed by atoms with Crippen LogP contribution in [0.2, 0.25) is 5.02 Å². The molecule has 0 aliphatic rings. The molecular weight excluding hydrogens is 248 g/mol. The highest BCUT2D eigenvalue weighted by Crippen LogP contribution is 2.10. The fourth-order valence-electron chi connectivity index (χ4n) is 1.79. The molecule has 1 atom stereocenters. The second-order valence-electron chi connectivity index (χ2n) is 4.67. The van der Waals surface area contributed by atoms with Gasteiger partial charge in [0.1, 0.15) is 0 Å². The van der Waals surface area contributed by atoms with Gasteiger partial charge in [-0.2, -0.15) is 0 Å². The van der Waals surface area contributed by atoms with E-state index in [1.807, 2.05) is 12.1 Å². The van der Waals surface area contributed by atoms with Crippen LogP contribution < -0.4 is 5.32 Å². The molecule has 0 aliphatic heterocycles. The van der Waals surface area contributed by atoms with Gasteiger partial charge in [-0.25, -0.2) is 0 Å². The summed E-state index contributed by atoms with van der Waals surface area (Å²) in [6.07, 6.45) is 0. The van der Waals surface area contributed by atoms with Gasteiger partial charge in [0.15, 0.2) is 0 Å². The van der Waals surface area contributed by atoms with Crippen LogP contribution in [0.15, 0.2) is 24.3 Å². The monoisotopic (exact) mass is 270 g/mol. The van der Waals surface area contributed by atoms with E-state index in [0.29, 0.717) is 6.04 Å². The zero-order valence-corrected chi connectivity index (χ0v) is 12.2. The molecule has 0 heterocycles. The summed E-state index contributed by atoms with van der Waals surface area (Å²) in [5.41, 5.74) is 1.28. The van der Waals surface area contributed by atoms with E-state index in [9.17, 15) is 0 Å². The molecule has 0 amide bonds. The molecule has 3 nitrogen and oxygen atoms in total. The summed E-state index contributed by atoms with van der Waals surface area (Å²) in [5.74, 6) is 0. The predicted molar refractivity (Wildman–Crippen MR) is 77.1 cm³/mol. The summed E-state index contributed by atoms with van der Waals surface area (Å²) in [7, 11) is 3.85. The molecule has 4 heteroatoms. The third kappa shape index (κ3) is 6.36. The first-order valence-electron chi connectivity index (χ1n) is 6.27. The SMILES string of the molecule is COCC(C)NCCN(C)Cc1ccc(Cl)cc1. The van der Waals surface area contributed by atoms with Gasteiger partial charge in [-0.15, -0.1) is 0 Å². The zero-order chi connectivity index (χ0) is 13.4. The van der Waals surface area contributed by atoms with Crippen molar-refractivity contribution in [2.24, 2.45) is 0 Å². The van der Waals surface area contributed by atoms with Gasteiger partial charge in [-0.3, -0.25) is 0 Å². The number of hydrogen-bond donors (Lipinski definition) is 1. The summed E-state index contributed by atoms with van der Waals surface area (Å²) in [4.78, 5) is 2.29. The van der Waals surface area contributed by atoms with Crippen molar-refractivity contribution >= 4 is 11.6 Å². The fourth-order valence-corrected chi connectivity index (χ4v) is 1.92. The number of halogens is 1. The number of ether oxygens (including phenoxy) is 1. The van der Waals surface area contributed by atoms with Gasteiger partial charge in [0, 0.05) is 37.8 Å². The van der Waals surface area contributed by atoms with Gasteiger partial charge in [0.2, 0.25) is 0 Å². The standard InChI is InChI=1S/C14H23ClN2O/c1-12(11-18-3)16-8-9-17(2)10-13-4-6-14(15)7-5-13/h4-7,12,16H,8-11H2,1-3H3. The Hall–Kier alpha value is -0.610. The number of nitrogens with one attached hydrogen (secondary N) is 1. The van der Waals surface area contributed by atoms with Crippen molar-refractivity contribution in [1.82, 2.24) is 10.2 Å². The van der Waals surface area contributed by atoms with E-state index in [1.54, 1.807) is 7.11 Å². The highest BCUT2D eigenvalue weighted by atomic mass is 35.5. The summed E-state index contributed by atoms with van der Waals surface area (Å²) in [6.45, 7) is 5.80. The molecule has 1 unspecified atom stereocenters. The molecule has 0 radical (unpaired) electrons. The van der Waals surface area contributed by atoms with E-state index in [2.05, 4.69) is 36.3 Å². The number of hydrogen-bond acceptors (Lipinski definition) is 3. The van der Waals surface area contributed by atoms with Gasteiger partial charge in [-0.1, -0.05) is 23.7 Å². The van der Waals surface area contributed by atoms with E-state index >= 15 is 0 Å². The number of likely N-dealkylation sites (N-methyl/N-ethyl adjacent to an activating group) is 1. The maximum absolute atomic E-state index is 5.86. The highest BCUT2D eigenvalue weighted by Gasteiger charge is 2.03. The average Bonchev–Trinajstić information content (AvgIpc) is 2.32. The van der Waals surface area contributed by atoms with E-state index < -0.39 is 0 Å². The molecule has 0 bridgehead atoms.